The van der Waals surface area contributed by atoms with Crippen molar-refractivity contribution >= 4 is 5.91 Å². The number of aliphatic hydroxyl groups is 2. The van der Waals surface area contributed by atoms with Crippen molar-refractivity contribution in [3.8, 4) is 0 Å². The fraction of sp³-hybridized carbons (Fsp3) is 0.621. The van der Waals surface area contributed by atoms with Gasteiger partial charge in [-0.25, -0.2) is 0 Å². The molecule has 34 heavy (non-hydrogen) atoms. The second-order valence-electron chi connectivity index (χ2n) is 10.7. The average molecular weight is 470 g/mol. The topological polar surface area (TPSA) is 70.0 Å². The lowest BCUT2D eigenvalue weighted by Gasteiger charge is -2.30. The number of hydrogen-bond acceptors (Lipinski definition) is 4. The van der Waals surface area contributed by atoms with Gasteiger partial charge in [0.15, 0.2) is 0 Å². The van der Waals surface area contributed by atoms with E-state index in [-0.39, 0.29) is 36.6 Å². The van der Waals surface area contributed by atoms with E-state index in [0.29, 0.717) is 24.9 Å². The van der Waals surface area contributed by atoms with E-state index < -0.39 is 6.10 Å². The average Bonchev–Trinajstić information content (AvgIpc) is 3.25. The molecule has 1 saturated carbocycles. The molecule has 0 aromatic heterocycles. The highest BCUT2D eigenvalue weighted by molar-refractivity contribution is 5.78. The van der Waals surface area contributed by atoms with Crippen molar-refractivity contribution in [3.63, 3.8) is 0 Å². The lowest BCUT2D eigenvalue weighted by atomic mass is 9.88. The maximum Gasteiger partial charge on any atom is 0.249 e. The lowest BCUT2D eigenvalue weighted by Crippen LogP contribution is -2.44. The highest BCUT2D eigenvalue weighted by Crippen LogP contribution is 2.47. The molecule has 1 aromatic carbocycles. The van der Waals surface area contributed by atoms with E-state index in [4.69, 9.17) is 4.74 Å². The van der Waals surface area contributed by atoms with E-state index in [1.54, 1.807) is 0 Å². The molecule has 0 unspecified atom stereocenters. The predicted molar refractivity (Wildman–Crippen MR) is 136 cm³/mol. The predicted octanol–water partition coefficient (Wildman–Crippen LogP) is 4.45. The Bertz CT molecular complexity index is 867. The maximum atomic E-state index is 12.5. The van der Waals surface area contributed by atoms with Crippen LogP contribution in [0, 0.1) is 24.7 Å². The van der Waals surface area contributed by atoms with Crippen molar-refractivity contribution in [2.45, 2.75) is 84.6 Å². The minimum Gasteiger partial charge on any atom is -0.392 e. The molecular weight excluding hydrogens is 426 g/mol. The summed E-state index contributed by atoms with van der Waals surface area (Å²) >= 11 is 0. The molecule has 5 heteroatoms. The van der Waals surface area contributed by atoms with Crippen molar-refractivity contribution in [2.75, 3.05) is 13.2 Å². The molecule has 188 valence electrons. The Morgan fingerprint density at radius 3 is 2.65 bits per heavy atom. The molecule has 0 radical (unpaired) electrons. The molecule has 1 amide bonds. The van der Waals surface area contributed by atoms with E-state index in [0.717, 1.165) is 24.8 Å². The van der Waals surface area contributed by atoms with Crippen LogP contribution in [0.3, 0.4) is 0 Å². The maximum absolute atomic E-state index is 12.5. The van der Waals surface area contributed by atoms with Crippen LogP contribution in [0.5, 0.6) is 0 Å². The first kappa shape index (κ1) is 26.7. The minimum absolute atomic E-state index is 0.0415. The molecule has 0 aliphatic heterocycles. The monoisotopic (exact) mass is 469 g/mol. The Labute approximate surface area is 205 Å². The van der Waals surface area contributed by atoms with Crippen molar-refractivity contribution < 1.29 is 19.7 Å². The van der Waals surface area contributed by atoms with E-state index in [1.807, 2.05) is 56.9 Å². The van der Waals surface area contributed by atoms with Gasteiger partial charge < -0.3 is 19.8 Å². The SMILES string of the molecule is Cc1cccc(C[C@@H](O)/C=C/[C@@H]2[C@H]3CC(CCOCC(=O)N(C(C)C)C(C)C)=C[C@H]3C[C@H]2O)c1. The summed E-state index contributed by atoms with van der Waals surface area (Å²) in [5, 5.41) is 21.1. The Balaban J connectivity index is 1.45. The number of nitrogens with zero attached hydrogens (tertiary/aromatic N) is 1. The van der Waals surface area contributed by atoms with E-state index >= 15 is 0 Å². The van der Waals surface area contributed by atoms with Gasteiger partial charge in [0.05, 0.1) is 18.8 Å². The van der Waals surface area contributed by atoms with Gasteiger partial charge in [-0.05, 0) is 71.3 Å². The van der Waals surface area contributed by atoms with Crippen LogP contribution < -0.4 is 0 Å². The molecular formula is C29H43NO4. The summed E-state index contributed by atoms with van der Waals surface area (Å²) in [5.41, 5.74) is 3.67. The molecule has 0 bridgehead atoms. The van der Waals surface area contributed by atoms with Crippen LogP contribution in [0.4, 0.5) is 0 Å². The van der Waals surface area contributed by atoms with Crippen LogP contribution in [0.1, 0.15) is 58.1 Å². The number of aryl methyl sites for hydroxylation is 1. The van der Waals surface area contributed by atoms with Gasteiger partial charge in [-0.3, -0.25) is 4.79 Å². The Hall–Kier alpha value is -1.95. The fourth-order valence-electron chi connectivity index (χ4n) is 5.81. The zero-order chi connectivity index (χ0) is 24.8. The zero-order valence-electron chi connectivity index (χ0n) is 21.5. The van der Waals surface area contributed by atoms with Gasteiger partial charge in [-0.15, -0.1) is 0 Å². The van der Waals surface area contributed by atoms with Crippen LogP contribution >= 0.6 is 0 Å². The second kappa shape index (κ2) is 12.1. The summed E-state index contributed by atoms with van der Waals surface area (Å²) in [5.74, 6) is 0.873. The number of rotatable bonds is 11. The molecule has 3 rings (SSSR count). The molecule has 2 aliphatic carbocycles. The third kappa shape index (κ3) is 7.03. The summed E-state index contributed by atoms with van der Waals surface area (Å²) in [4.78, 5) is 14.3. The normalized spacial score (nSPS) is 25.3. The summed E-state index contributed by atoms with van der Waals surface area (Å²) < 4.78 is 5.72. The molecule has 0 saturated heterocycles. The first-order valence-corrected chi connectivity index (χ1v) is 12.8. The largest absolute Gasteiger partial charge is 0.392 e. The van der Waals surface area contributed by atoms with Crippen molar-refractivity contribution in [1.29, 1.82) is 0 Å². The molecule has 2 N–H and O–H groups in total. The molecule has 2 aliphatic rings. The standard InChI is InChI=1S/C29H43NO4/c1-19(2)30(20(3)4)29(33)18-34-12-11-23-14-24-17-28(32)26(27(24)16-23)10-9-25(31)15-22-8-6-7-21(5)13-22/h6-10,13-14,19-20,24-28,31-32H,11-12,15-18H2,1-5H3/b10-9+/t24-,25-,26+,27-,28+/m0/s1. The number of carbonyl (C=O) groups excluding carboxylic acids is 1. The van der Waals surface area contributed by atoms with E-state index in [1.165, 1.54) is 11.1 Å². The van der Waals surface area contributed by atoms with Crippen LogP contribution in [-0.2, 0) is 16.0 Å². The summed E-state index contributed by atoms with van der Waals surface area (Å²) in [6.45, 7) is 10.8. The fourth-order valence-corrected chi connectivity index (χ4v) is 5.81. The zero-order valence-corrected chi connectivity index (χ0v) is 21.5. The molecule has 1 aromatic rings. The number of fused-ring (bicyclic) bond motifs is 1. The van der Waals surface area contributed by atoms with Gasteiger partial charge in [-0.2, -0.15) is 0 Å². The summed E-state index contributed by atoms with van der Waals surface area (Å²) in [7, 11) is 0. The first-order valence-electron chi connectivity index (χ1n) is 12.8. The third-order valence-corrected chi connectivity index (χ3v) is 7.23. The minimum atomic E-state index is -0.552. The van der Waals surface area contributed by atoms with E-state index in [9.17, 15) is 15.0 Å². The summed E-state index contributed by atoms with van der Waals surface area (Å²) in [6, 6.07) is 8.54. The van der Waals surface area contributed by atoms with Crippen molar-refractivity contribution in [3.05, 3.63) is 59.2 Å². The number of aliphatic hydroxyl groups excluding tert-OH is 2. The molecule has 5 nitrogen and oxygen atoms in total. The quantitative estimate of drug-likeness (QED) is 0.371. The highest BCUT2D eigenvalue weighted by atomic mass is 16.5. The third-order valence-electron chi connectivity index (χ3n) is 7.23. The van der Waals surface area contributed by atoms with Gasteiger partial charge >= 0.3 is 0 Å². The van der Waals surface area contributed by atoms with Crippen LogP contribution in [0.15, 0.2) is 48.1 Å². The van der Waals surface area contributed by atoms with Gasteiger partial charge in [0.25, 0.3) is 0 Å². The molecule has 1 fully saturated rings. The van der Waals surface area contributed by atoms with Crippen LogP contribution in [0.25, 0.3) is 0 Å². The van der Waals surface area contributed by atoms with Crippen LogP contribution in [-0.4, -0.2) is 58.5 Å². The highest BCUT2D eigenvalue weighted by Gasteiger charge is 2.43. The Morgan fingerprint density at radius 2 is 1.97 bits per heavy atom. The molecule has 0 heterocycles. The number of carbonyl (C=O) groups is 1. The van der Waals surface area contributed by atoms with Gasteiger partial charge in [0.1, 0.15) is 6.61 Å². The lowest BCUT2D eigenvalue weighted by molar-refractivity contribution is -0.139. The number of amides is 1. The number of ether oxygens (including phenoxy) is 1. The first-order chi connectivity index (χ1) is 16.2. The van der Waals surface area contributed by atoms with Crippen molar-refractivity contribution in [1.82, 2.24) is 4.90 Å². The van der Waals surface area contributed by atoms with Crippen LogP contribution in [0.2, 0.25) is 0 Å². The molecule has 0 spiro atoms. The second-order valence-corrected chi connectivity index (χ2v) is 10.7. The molecule has 5 atom stereocenters. The van der Waals surface area contributed by atoms with Gasteiger partial charge in [-0.1, -0.05) is 53.6 Å². The smallest absolute Gasteiger partial charge is 0.249 e. The van der Waals surface area contributed by atoms with E-state index in [2.05, 4.69) is 25.1 Å². The summed E-state index contributed by atoms with van der Waals surface area (Å²) in [6.07, 6.45) is 8.43. The van der Waals surface area contributed by atoms with Crippen molar-refractivity contribution in [2.24, 2.45) is 17.8 Å². The Morgan fingerprint density at radius 1 is 1.24 bits per heavy atom. The number of benzene rings is 1. The number of allylic oxidation sites excluding steroid dienone is 1. The van der Waals surface area contributed by atoms with Gasteiger partial charge in [0.2, 0.25) is 5.91 Å². The Kier molecular flexibility index (Phi) is 9.52. The number of hydrogen-bond donors (Lipinski definition) is 2. The van der Waals surface area contributed by atoms with Gasteiger partial charge in [0, 0.05) is 24.4 Å².